The summed E-state index contributed by atoms with van der Waals surface area (Å²) in [6, 6.07) is 11.0. The molecule has 1 amide bonds. The van der Waals surface area contributed by atoms with Crippen LogP contribution in [0.2, 0.25) is 0 Å². The number of ether oxygens (including phenoxy) is 1. The molecular weight excluding hydrogens is 260 g/mol. The van der Waals surface area contributed by atoms with Gasteiger partial charge in [-0.05, 0) is 29.8 Å². The van der Waals surface area contributed by atoms with E-state index in [-0.39, 0.29) is 5.91 Å². The molecule has 0 fully saturated rings. The SMILES string of the molecule is COc1ccc(CNC(=O)c2ccc[nH]c2=S)cc1. The van der Waals surface area contributed by atoms with Gasteiger partial charge in [0.1, 0.15) is 10.4 Å². The average molecular weight is 274 g/mol. The molecule has 0 bridgehead atoms. The van der Waals surface area contributed by atoms with Crippen molar-refractivity contribution < 1.29 is 9.53 Å². The van der Waals surface area contributed by atoms with Crippen LogP contribution in [0.3, 0.4) is 0 Å². The van der Waals surface area contributed by atoms with Crippen molar-refractivity contribution in [3.8, 4) is 5.75 Å². The average Bonchev–Trinajstić information content (AvgIpc) is 2.46. The van der Waals surface area contributed by atoms with Crippen molar-refractivity contribution in [3.63, 3.8) is 0 Å². The number of pyridine rings is 1. The predicted octanol–water partition coefficient (Wildman–Crippen LogP) is 2.68. The molecule has 0 saturated carbocycles. The molecule has 2 rings (SSSR count). The second-order valence-corrected chi connectivity index (χ2v) is 4.35. The van der Waals surface area contributed by atoms with Gasteiger partial charge in [-0.2, -0.15) is 0 Å². The number of rotatable bonds is 4. The largest absolute Gasteiger partial charge is 0.497 e. The van der Waals surface area contributed by atoms with Crippen molar-refractivity contribution in [1.82, 2.24) is 10.3 Å². The topological polar surface area (TPSA) is 54.1 Å². The molecule has 2 N–H and O–H groups in total. The van der Waals surface area contributed by atoms with Crippen LogP contribution < -0.4 is 10.1 Å². The van der Waals surface area contributed by atoms with Crippen molar-refractivity contribution in [1.29, 1.82) is 0 Å². The maximum absolute atomic E-state index is 11.9. The first-order valence-electron chi connectivity index (χ1n) is 5.79. The number of nitrogens with one attached hydrogen (secondary N) is 2. The highest BCUT2D eigenvalue weighted by atomic mass is 32.1. The molecule has 2 aromatic rings. The van der Waals surface area contributed by atoms with E-state index < -0.39 is 0 Å². The van der Waals surface area contributed by atoms with Crippen LogP contribution in [0.1, 0.15) is 15.9 Å². The number of amides is 1. The summed E-state index contributed by atoms with van der Waals surface area (Å²) in [6.07, 6.45) is 1.70. The first-order valence-corrected chi connectivity index (χ1v) is 6.20. The molecule has 1 aromatic carbocycles. The molecule has 98 valence electrons. The quantitative estimate of drug-likeness (QED) is 0.843. The van der Waals surface area contributed by atoms with Gasteiger partial charge in [-0.3, -0.25) is 4.79 Å². The molecule has 1 heterocycles. The van der Waals surface area contributed by atoms with E-state index in [1.807, 2.05) is 24.3 Å². The summed E-state index contributed by atoms with van der Waals surface area (Å²) < 4.78 is 5.51. The number of aromatic nitrogens is 1. The molecule has 0 unspecified atom stereocenters. The van der Waals surface area contributed by atoms with Gasteiger partial charge in [0.15, 0.2) is 0 Å². The van der Waals surface area contributed by atoms with E-state index in [2.05, 4.69) is 10.3 Å². The van der Waals surface area contributed by atoms with Crippen LogP contribution in [-0.4, -0.2) is 18.0 Å². The van der Waals surface area contributed by atoms with E-state index in [4.69, 9.17) is 17.0 Å². The molecule has 0 aliphatic carbocycles. The Labute approximate surface area is 116 Å². The van der Waals surface area contributed by atoms with Gasteiger partial charge in [0.2, 0.25) is 0 Å². The minimum absolute atomic E-state index is 0.183. The van der Waals surface area contributed by atoms with E-state index in [1.54, 1.807) is 25.4 Å². The zero-order valence-corrected chi connectivity index (χ0v) is 11.3. The molecule has 1 aromatic heterocycles. The van der Waals surface area contributed by atoms with Crippen LogP contribution in [0.5, 0.6) is 5.75 Å². The van der Waals surface area contributed by atoms with Crippen molar-refractivity contribution in [2.45, 2.75) is 6.54 Å². The normalized spacial score (nSPS) is 9.95. The molecule has 0 radical (unpaired) electrons. The smallest absolute Gasteiger partial charge is 0.254 e. The van der Waals surface area contributed by atoms with Crippen LogP contribution in [0.4, 0.5) is 0 Å². The molecule has 0 atom stereocenters. The summed E-state index contributed by atoms with van der Waals surface area (Å²) in [6.45, 7) is 0.451. The Kier molecular flexibility index (Phi) is 4.30. The van der Waals surface area contributed by atoms with Crippen molar-refractivity contribution in [2.75, 3.05) is 7.11 Å². The second-order valence-electron chi connectivity index (χ2n) is 3.94. The molecule has 5 heteroatoms. The van der Waals surface area contributed by atoms with Gasteiger partial charge < -0.3 is 15.0 Å². The lowest BCUT2D eigenvalue weighted by molar-refractivity contribution is 0.0950. The fraction of sp³-hybridized carbons (Fsp3) is 0.143. The zero-order valence-electron chi connectivity index (χ0n) is 10.5. The fourth-order valence-electron chi connectivity index (χ4n) is 1.62. The number of aromatic amines is 1. The summed E-state index contributed by atoms with van der Waals surface area (Å²) in [4.78, 5) is 14.8. The molecular formula is C14H14N2O2S. The number of hydrogen-bond donors (Lipinski definition) is 2. The van der Waals surface area contributed by atoms with Crippen molar-refractivity contribution in [2.24, 2.45) is 0 Å². The van der Waals surface area contributed by atoms with Gasteiger partial charge in [0.25, 0.3) is 5.91 Å². The Morgan fingerprint density at radius 1 is 1.32 bits per heavy atom. The number of H-pyrrole nitrogens is 1. The number of benzene rings is 1. The highest BCUT2D eigenvalue weighted by molar-refractivity contribution is 7.71. The number of carbonyl (C=O) groups excluding carboxylic acids is 1. The van der Waals surface area contributed by atoms with Gasteiger partial charge in [0.05, 0.1) is 12.7 Å². The number of hydrogen-bond acceptors (Lipinski definition) is 3. The van der Waals surface area contributed by atoms with E-state index in [0.717, 1.165) is 11.3 Å². The third-order valence-corrected chi connectivity index (χ3v) is 3.01. The van der Waals surface area contributed by atoms with Gasteiger partial charge in [-0.25, -0.2) is 0 Å². The highest BCUT2D eigenvalue weighted by Gasteiger charge is 2.06. The Morgan fingerprint density at radius 3 is 2.68 bits per heavy atom. The van der Waals surface area contributed by atoms with Gasteiger partial charge in [-0.1, -0.05) is 24.4 Å². The summed E-state index contributed by atoms with van der Waals surface area (Å²) in [5.41, 5.74) is 1.48. The highest BCUT2D eigenvalue weighted by Crippen LogP contribution is 2.11. The van der Waals surface area contributed by atoms with Crippen LogP contribution >= 0.6 is 12.2 Å². The first kappa shape index (κ1) is 13.3. The van der Waals surface area contributed by atoms with Gasteiger partial charge in [0, 0.05) is 12.7 Å². The Hall–Kier alpha value is -2.14. The Morgan fingerprint density at radius 2 is 2.05 bits per heavy atom. The maximum atomic E-state index is 11.9. The van der Waals surface area contributed by atoms with Gasteiger partial charge >= 0.3 is 0 Å². The lowest BCUT2D eigenvalue weighted by Gasteiger charge is -2.06. The molecule has 0 spiro atoms. The lowest BCUT2D eigenvalue weighted by atomic mass is 10.2. The van der Waals surface area contributed by atoms with Crippen molar-refractivity contribution >= 4 is 18.1 Å². The third-order valence-electron chi connectivity index (χ3n) is 2.67. The zero-order chi connectivity index (χ0) is 13.7. The fourth-order valence-corrected chi connectivity index (χ4v) is 1.85. The lowest BCUT2D eigenvalue weighted by Crippen LogP contribution is -2.23. The molecule has 4 nitrogen and oxygen atoms in total. The summed E-state index contributed by atoms with van der Waals surface area (Å²) >= 11 is 5.06. The summed E-state index contributed by atoms with van der Waals surface area (Å²) in [5, 5.41) is 2.83. The summed E-state index contributed by atoms with van der Waals surface area (Å²) in [7, 11) is 1.62. The van der Waals surface area contributed by atoms with Crippen LogP contribution in [0.25, 0.3) is 0 Å². The predicted molar refractivity (Wildman–Crippen MR) is 75.8 cm³/mol. The van der Waals surface area contributed by atoms with Crippen LogP contribution in [0.15, 0.2) is 42.6 Å². The third kappa shape index (κ3) is 3.42. The molecule has 0 saturated heterocycles. The van der Waals surface area contributed by atoms with Gasteiger partial charge in [-0.15, -0.1) is 0 Å². The van der Waals surface area contributed by atoms with Crippen molar-refractivity contribution in [3.05, 3.63) is 58.4 Å². The standard InChI is InChI=1S/C14H14N2O2S/c1-18-11-6-4-10(5-7-11)9-16-13(17)12-3-2-8-15-14(12)19/h2-8H,9H2,1H3,(H,15,19)(H,16,17). The number of methoxy groups -OCH3 is 1. The molecule has 19 heavy (non-hydrogen) atoms. The van der Waals surface area contributed by atoms with E-state index >= 15 is 0 Å². The maximum Gasteiger partial charge on any atom is 0.254 e. The minimum Gasteiger partial charge on any atom is -0.497 e. The molecule has 0 aliphatic rings. The van der Waals surface area contributed by atoms with Crippen LogP contribution in [0, 0.1) is 4.64 Å². The van der Waals surface area contributed by atoms with E-state index in [1.165, 1.54) is 0 Å². The van der Waals surface area contributed by atoms with E-state index in [0.29, 0.717) is 16.7 Å². The van der Waals surface area contributed by atoms with Crippen LogP contribution in [-0.2, 0) is 6.54 Å². The monoisotopic (exact) mass is 274 g/mol. The van der Waals surface area contributed by atoms with E-state index in [9.17, 15) is 4.79 Å². The second kappa shape index (κ2) is 6.15. The summed E-state index contributed by atoms with van der Waals surface area (Å²) in [5.74, 6) is 0.609. The first-order chi connectivity index (χ1) is 9.20. The number of carbonyl (C=O) groups is 1. The molecule has 0 aliphatic heterocycles. The Balaban J connectivity index is 2.00. The minimum atomic E-state index is -0.183. The Bertz CT molecular complexity index is 620.